The summed E-state index contributed by atoms with van der Waals surface area (Å²) in [4.78, 5) is 28.8. The number of carbonyl (C=O) groups is 2. The summed E-state index contributed by atoms with van der Waals surface area (Å²) in [5.74, 6) is 0.0613. The van der Waals surface area contributed by atoms with Gasteiger partial charge < -0.3 is 19.7 Å². The van der Waals surface area contributed by atoms with E-state index in [0.29, 0.717) is 33.5 Å². The molecule has 2 aromatic carbocycles. The van der Waals surface area contributed by atoms with Crippen molar-refractivity contribution < 1.29 is 27.5 Å². The number of fused-ring (bicyclic) bond motifs is 1. The standard InChI is InChI=1S/C27H33Cl2N3O6S/c1-3-23(27(34)30-20-7-5-4-6-8-20)31(15-18-9-10-19(28)13-22(18)29)26(33)16-32(39(2,35)36)21-11-12-24-25(14-21)38-17-37-24/h9-14,20,23H,3-8,15-17H2,1-2H3,(H,30,34). The molecule has 9 nitrogen and oxygen atoms in total. The highest BCUT2D eigenvalue weighted by molar-refractivity contribution is 7.92. The van der Waals surface area contributed by atoms with Crippen molar-refractivity contribution >= 4 is 50.7 Å². The van der Waals surface area contributed by atoms with E-state index >= 15 is 0 Å². The summed E-state index contributed by atoms with van der Waals surface area (Å²) in [6.45, 7) is 1.34. The first kappa shape index (κ1) is 29.3. The summed E-state index contributed by atoms with van der Waals surface area (Å²) in [6.07, 6.45) is 6.38. The van der Waals surface area contributed by atoms with Gasteiger partial charge in [0.15, 0.2) is 11.5 Å². The monoisotopic (exact) mass is 597 g/mol. The molecule has 1 saturated carbocycles. The lowest BCUT2D eigenvalue weighted by molar-refractivity contribution is -0.140. The largest absolute Gasteiger partial charge is 0.454 e. The van der Waals surface area contributed by atoms with Gasteiger partial charge in [-0.3, -0.25) is 13.9 Å². The molecular formula is C27H33Cl2N3O6S. The van der Waals surface area contributed by atoms with Gasteiger partial charge in [-0.1, -0.05) is 55.5 Å². The van der Waals surface area contributed by atoms with Crippen molar-refractivity contribution in [2.45, 2.75) is 64.1 Å². The molecule has 12 heteroatoms. The Bertz CT molecular complexity index is 1320. The normalized spacial score (nSPS) is 16.0. The fraction of sp³-hybridized carbons (Fsp3) is 0.481. The molecule has 1 fully saturated rings. The Hall–Kier alpha value is -2.69. The lowest BCUT2D eigenvalue weighted by Gasteiger charge is -2.34. The molecule has 1 heterocycles. The van der Waals surface area contributed by atoms with Gasteiger partial charge in [0.25, 0.3) is 0 Å². The van der Waals surface area contributed by atoms with E-state index < -0.39 is 28.5 Å². The van der Waals surface area contributed by atoms with E-state index in [2.05, 4.69) is 5.32 Å². The smallest absolute Gasteiger partial charge is 0.244 e. The molecule has 0 spiro atoms. The van der Waals surface area contributed by atoms with Crippen molar-refractivity contribution in [1.82, 2.24) is 10.2 Å². The number of hydrogen-bond donors (Lipinski definition) is 1. The van der Waals surface area contributed by atoms with Crippen LogP contribution in [0.2, 0.25) is 10.0 Å². The Morgan fingerprint density at radius 2 is 1.77 bits per heavy atom. The highest BCUT2D eigenvalue weighted by Gasteiger charge is 2.33. The molecule has 0 aromatic heterocycles. The first-order valence-corrected chi connectivity index (χ1v) is 15.6. The Labute approximate surface area is 239 Å². The van der Waals surface area contributed by atoms with Gasteiger partial charge in [-0.2, -0.15) is 0 Å². The Balaban J connectivity index is 1.64. The van der Waals surface area contributed by atoms with Gasteiger partial charge >= 0.3 is 0 Å². The van der Waals surface area contributed by atoms with Crippen molar-refractivity contribution in [2.75, 3.05) is 23.9 Å². The van der Waals surface area contributed by atoms with E-state index in [9.17, 15) is 18.0 Å². The number of sulfonamides is 1. The lowest BCUT2D eigenvalue weighted by atomic mass is 9.95. The number of anilines is 1. The van der Waals surface area contributed by atoms with E-state index in [1.807, 2.05) is 6.92 Å². The zero-order valence-electron chi connectivity index (χ0n) is 22.0. The summed E-state index contributed by atoms with van der Waals surface area (Å²) in [5, 5.41) is 3.89. The minimum atomic E-state index is -3.88. The fourth-order valence-electron chi connectivity index (χ4n) is 4.95. The van der Waals surface area contributed by atoms with Gasteiger partial charge in [0.2, 0.25) is 28.6 Å². The summed E-state index contributed by atoms with van der Waals surface area (Å²) < 4.78 is 37.4. The van der Waals surface area contributed by atoms with Gasteiger partial charge in [0.05, 0.1) is 11.9 Å². The molecule has 2 aliphatic rings. The second-order valence-corrected chi connectivity index (χ2v) is 12.6. The average Bonchev–Trinajstić information content (AvgIpc) is 3.36. The van der Waals surface area contributed by atoms with Crippen LogP contribution in [0.1, 0.15) is 51.0 Å². The zero-order valence-corrected chi connectivity index (χ0v) is 24.3. The minimum Gasteiger partial charge on any atom is -0.454 e. The maximum Gasteiger partial charge on any atom is 0.244 e. The minimum absolute atomic E-state index is 0.00414. The molecule has 2 amide bonds. The SMILES string of the molecule is CCC(C(=O)NC1CCCCC1)N(Cc1ccc(Cl)cc1Cl)C(=O)CN(c1ccc2c(c1)OCO2)S(C)(=O)=O. The third-order valence-electron chi connectivity index (χ3n) is 7.02. The fourth-order valence-corrected chi connectivity index (χ4v) is 6.26. The second-order valence-electron chi connectivity index (χ2n) is 9.83. The van der Waals surface area contributed by atoms with Crippen LogP contribution in [0.3, 0.4) is 0 Å². The van der Waals surface area contributed by atoms with Gasteiger partial charge in [0, 0.05) is 28.7 Å². The second kappa shape index (κ2) is 12.7. The predicted molar refractivity (Wildman–Crippen MR) is 151 cm³/mol. The maximum absolute atomic E-state index is 13.9. The predicted octanol–water partition coefficient (Wildman–Crippen LogP) is 4.74. The van der Waals surface area contributed by atoms with Crippen LogP contribution < -0.4 is 19.1 Å². The van der Waals surface area contributed by atoms with Crippen molar-refractivity contribution in [3.8, 4) is 11.5 Å². The van der Waals surface area contributed by atoms with E-state index in [-0.39, 0.29) is 31.0 Å². The Morgan fingerprint density at radius 3 is 2.44 bits per heavy atom. The molecule has 39 heavy (non-hydrogen) atoms. The van der Waals surface area contributed by atoms with Crippen molar-refractivity contribution in [3.63, 3.8) is 0 Å². The summed E-state index contributed by atoms with van der Waals surface area (Å²) >= 11 is 12.5. The summed E-state index contributed by atoms with van der Waals surface area (Å²) in [5.41, 5.74) is 0.839. The number of carbonyl (C=O) groups excluding carboxylic acids is 2. The summed E-state index contributed by atoms with van der Waals surface area (Å²) in [7, 11) is -3.88. The lowest BCUT2D eigenvalue weighted by Crippen LogP contribution is -2.54. The summed E-state index contributed by atoms with van der Waals surface area (Å²) in [6, 6.07) is 8.81. The van der Waals surface area contributed by atoms with Crippen LogP contribution in [-0.2, 0) is 26.2 Å². The van der Waals surface area contributed by atoms with Crippen molar-refractivity contribution in [3.05, 3.63) is 52.0 Å². The molecule has 1 unspecified atom stereocenters. The van der Waals surface area contributed by atoms with Crippen LogP contribution >= 0.6 is 23.2 Å². The number of hydrogen-bond acceptors (Lipinski definition) is 6. The third-order valence-corrected chi connectivity index (χ3v) is 8.74. The van der Waals surface area contributed by atoms with Gasteiger partial charge in [-0.25, -0.2) is 8.42 Å². The number of rotatable bonds is 10. The van der Waals surface area contributed by atoms with Crippen LogP contribution in [-0.4, -0.2) is 56.8 Å². The first-order chi connectivity index (χ1) is 18.6. The van der Waals surface area contributed by atoms with Crippen molar-refractivity contribution in [2.24, 2.45) is 0 Å². The number of nitrogens with one attached hydrogen (secondary N) is 1. The maximum atomic E-state index is 13.9. The topological polar surface area (TPSA) is 105 Å². The van der Waals surface area contributed by atoms with Gasteiger partial charge in [-0.05, 0) is 49.1 Å². The quantitative estimate of drug-likeness (QED) is 0.424. The molecule has 1 N–H and O–H groups in total. The highest BCUT2D eigenvalue weighted by Crippen LogP contribution is 2.36. The molecule has 212 valence electrons. The molecule has 0 bridgehead atoms. The van der Waals surface area contributed by atoms with Crippen LogP contribution in [0.15, 0.2) is 36.4 Å². The molecule has 4 rings (SSSR count). The molecule has 0 radical (unpaired) electrons. The van der Waals surface area contributed by atoms with Crippen molar-refractivity contribution in [1.29, 1.82) is 0 Å². The Morgan fingerprint density at radius 1 is 1.05 bits per heavy atom. The zero-order chi connectivity index (χ0) is 28.2. The third kappa shape index (κ3) is 7.29. The molecule has 1 atom stereocenters. The number of amides is 2. The van der Waals surface area contributed by atoms with Gasteiger partial charge in [-0.15, -0.1) is 0 Å². The van der Waals surface area contributed by atoms with Crippen LogP contribution in [0.25, 0.3) is 0 Å². The average molecular weight is 599 g/mol. The van der Waals surface area contributed by atoms with Crippen LogP contribution in [0.5, 0.6) is 11.5 Å². The number of nitrogens with zero attached hydrogens (tertiary/aromatic N) is 2. The van der Waals surface area contributed by atoms with Gasteiger partial charge in [0.1, 0.15) is 12.6 Å². The van der Waals surface area contributed by atoms with E-state index in [1.54, 1.807) is 30.3 Å². The van der Waals surface area contributed by atoms with Crippen LogP contribution in [0, 0.1) is 0 Å². The Kier molecular flexibility index (Phi) is 9.51. The number of halogens is 2. The molecular weight excluding hydrogens is 565 g/mol. The molecule has 0 saturated heterocycles. The van der Waals surface area contributed by atoms with E-state index in [0.717, 1.165) is 42.7 Å². The number of ether oxygens (including phenoxy) is 2. The molecule has 2 aromatic rings. The first-order valence-electron chi connectivity index (χ1n) is 13.0. The number of benzene rings is 2. The van der Waals surface area contributed by atoms with Crippen LogP contribution in [0.4, 0.5) is 5.69 Å². The van der Waals surface area contributed by atoms with E-state index in [1.165, 1.54) is 11.0 Å². The van der Waals surface area contributed by atoms with E-state index in [4.69, 9.17) is 32.7 Å². The molecule has 1 aliphatic carbocycles. The highest BCUT2D eigenvalue weighted by atomic mass is 35.5. The molecule has 1 aliphatic heterocycles.